The number of fused-ring (bicyclic) bond motifs is 4. The lowest BCUT2D eigenvalue weighted by atomic mass is 9.57. The summed E-state index contributed by atoms with van der Waals surface area (Å²) in [7, 11) is 0. The third kappa shape index (κ3) is 5.89. The van der Waals surface area contributed by atoms with Gasteiger partial charge >= 0.3 is 12.3 Å². The number of aromatic nitrogens is 1. The average Bonchev–Trinajstić information content (AvgIpc) is 3.60. The van der Waals surface area contributed by atoms with Gasteiger partial charge in [0.1, 0.15) is 17.2 Å². The molecule has 2 bridgehead atoms. The van der Waals surface area contributed by atoms with Gasteiger partial charge in [0.15, 0.2) is 0 Å². The van der Waals surface area contributed by atoms with Gasteiger partial charge in [-0.2, -0.15) is 0 Å². The van der Waals surface area contributed by atoms with Gasteiger partial charge in [-0.25, -0.2) is 4.98 Å². The molecule has 2 aromatic carbocycles. The Hall–Kier alpha value is -3.60. The van der Waals surface area contributed by atoms with Crippen molar-refractivity contribution in [3.8, 4) is 5.75 Å². The maximum Gasteiger partial charge on any atom is 0.573 e. The van der Waals surface area contributed by atoms with Crippen molar-refractivity contribution in [3.63, 3.8) is 0 Å². The summed E-state index contributed by atoms with van der Waals surface area (Å²) in [6.45, 7) is 9.08. The maximum atomic E-state index is 14.7. The molecule has 1 N–H and O–H groups in total. The van der Waals surface area contributed by atoms with E-state index >= 15 is 0 Å². The van der Waals surface area contributed by atoms with Crippen LogP contribution in [0.25, 0.3) is 16.5 Å². The average molecular weight is 713 g/mol. The van der Waals surface area contributed by atoms with E-state index in [4.69, 9.17) is 9.72 Å². The normalized spacial score (nSPS) is 26.6. The molecule has 2 saturated carbocycles. The van der Waals surface area contributed by atoms with E-state index in [1.807, 2.05) is 25.1 Å². The number of nitrogens with zero attached hydrogens (tertiary/aromatic N) is 2. The highest BCUT2D eigenvalue weighted by Gasteiger charge is 2.56. The Balaban J connectivity index is 1.34. The van der Waals surface area contributed by atoms with Crippen molar-refractivity contribution in [2.45, 2.75) is 77.3 Å². The van der Waals surface area contributed by atoms with Crippen LogP contribution in [0.1, 0.15) is 74.4 Å². The van der Waals surface area contributed by atoms with Crippen molar-refractivity contribution in [2.75, 3.05) is 18.0 Å². The molecule has 47 heavy (non-hydrogen) atoms. The predicted octanol–water partition coefficient (Wildman–Crippen LogP) is 8.13. The summed E-state index contributed by atoms with van der Waals surface area (Å²) < 4.78 is 51.9. The smallest absolute Gasteiger partial charge is 0.459 e. The predicted molar refractivity (Wildman–Crippen MR) is 176 cm³/mol. The number of ether oxygens (including phenoxy) is 2. The third-order valence-corrected chi connectivity index (χ3v) is 10.7. The van der Waals surface area contributed by atoms with Crippen LogP contribution in [0.2, 0.25) is 0 Å². The number of para-hydroxylation sites is 1. The topological polar surface area (TPSA) is 80.8 Å². The Morgan fingerprint density at radius 2 is 1.70 bits per heavy atom. The third-order valence-electron chi connectivity index (χ3n) is 10.2. The molecule has 4 aliphatic carbocycles. The Morgan fingerprint density at radius 3 is 2.36 bits per heavy atom. The lowest BCUT2D eigenvalue weighted by molar-refractivity contribution is -0.274. The summed E-state index contributed by atoms with van der Waals surface area (Å²) in [5.41, 5.74) is -0.336. The van der Waals surface area contributed by atoms with E-state index in [1.165, 1.54) is 18.6 Å². The number of alkyl halides is 3. The van der Waals surface area contributed by atoms with Crippen LogP contribution < -0.4 is 15.0 Å². The molecule has 1 aromatic heterocycles. The van der Waals surface area contributed by atoms with Crippen molar-refractivity contribution in [1.29, 1.82) is 0 Å². The lowest BCUT2D eigenvalue weighted by Crippen LogP contribution is -2.58. The van der Waals surface area contributed by atoms with Crippen LogP contribution >= 0.6 is 15.9 Å². The number of pyridine rings is 1. The summed E-state index contributed by atoms with van der Waals surface area (Å²) in [6.07, 6.45) is -0.573. The van der Waals surface area contributed by atoms with Crippen LogP contribution in [0, 0.1) is 24.2 Å². The first-order valence-corrected chi connectivity index (χ1v) is 16.9. The summed E-state index contributed by atoms with van der Waals surface area (Å²) in [5, 5.41) is 3.99. The van der Waals surface area contributed by atoms with Crippen LogP contribution in [0.4, 0.5) is 19.0 Å². The quantitative estimate of drug-likeness (QED) is 0.260. The highest BCUT2D eigenvalue weighted by Crippen LogP contribution is 2.56. The molecule has 3 fully saturated rings. The highest BCUT2D eigenvalue weighted by atomic mass is 79.9. The minimum atomic E-state index is -4.93. The number of piperidine rings is 1. The minimum absolute atomic E-state index is 0.175. The fourth-order valence-corrected chi connectivity index (χ4v) is 8.15. The van der Waals surface area contributed by atoms with Crippen molar-refractivity contribution >= 4 is 50.1 Å². The summed E-state index contributed by atoms with van der Waals surface area (Å²) in [4.78, 5) is 35.6. The molecule has 1 aliphatic heterocycles. The molecule has 3 aromatic rings. The highest BCUT2D eigenvalue weighted by molar-refractivity contribution is 9.10. The molecule has 8 rings (SSSR count). The first-order chi connectivity index (χ1) is 22.1. The van der Waals surface area contributed by atoms with E-state index < -0.39 is 34.6 Å². The first kappa shape index (κ1) is 32.0. The molecule has 248 valence electrons. The van der Waals surface area contributed by atoms with Gasteiger partial charge in [-0.15, -0.1) is 13.2 Å². The SMILES string of the molecule is Cc1c(N2CC3CC3C2)nc2ccc(Br)cc2c1C(=O)NC12CCC(C(=O)OC(C)(C)C)(C=C1c1ccccc1OC(F)(F)F)CC2. The number of carbonyl (C=O) groups excluding carboxylic acids is 2. The number of esters is 1. The molecule has 11 heteroatoms. The van der Waals surface area contributed by atoms with Crippen LogP contribution in [0.5, 0.6) is 5.75 Å². The van der Waals surface area contributed by atoms with E-state index in [0.717, 1.165) is 28.9 Å². The molecule has 5 aliphatic rings. The fourth-order valence-electron chi connectivity index (χ4n) is 7.79. The number of carbonyl (C=O) groups is 2. The number of hydrogen-bond acceptors (Lipinski definition) is 6. The lowest BCUT2D eigenvalue weighted by Gasteiger charge is -2.52. The Kier molecular flexibility index (Phi) is 7.46. The van der Waals surface area contributed by atoms with Gasteiger partial charge in [-0.3, -0.25) is 9.59 Å². The van der Waals surface area contributed by atoms with Gasteiger partial charge in [-0.05, 0) is 101 Å². The van der Waals surface area contributed by atoms with E-state index in [2.05, 4.69) is 30.9 Å². The van der Waals surface area contributed by atoms with E-state index in [9.17, 15) is 22.8 Å². The molecule has 1 saturated heterocycles. The number of anilines is 1. The van der Waals surface area contributed by atoms with Crippen molar-refractivity contribution < 1.29 is 32.2 Å². The first-order valence-electron chi connectivity index (χ1n) is 16.1. The van der Waals surface area contributed by atoms with E-state index in [1.54, 1.807) is 39.0 Å². The van der Waals surface area contributed by atoms with E-state index in [0.29, 0.717) is 59.6 Å². The summed E-state index contributed by atoms with van der Waals surface area (Å²) in [5.74, 6) is 0.946. The number of benzene rings is 2. The van der Waals surface area contributed by atoms with Crippen LogP contribution in [-0.4, -0.2) is 47.5 Å². The van der Waals surface area contributed by atoms with Crippen molar-refractivity contribution in [3.05, 3.63) is 69.7 Å². The zero-order valence-corrected chi connectivity index (χ0v) is 28.3. The molecular weight excluding hydrogens is 675 g/mol. The standard InChI is InChI=1S/C36H37BrF3N3O4/c1-20-29(25-16-23(37)9-10-27(25)41-30(20)43-18-21-15-22(21)19-43)31(44)42-35-13-11-34(12-14-35,32(45)47-33(2,3)4)17-26(35)24-7-5-6-8-28(24)46-36(38,39)40/h5-10,16-17,21-22H,11-15,18-19H2,1-4H3,(H,42,44). The Bertz CT molecular complexity index is 1810. The summed E-state index contributed by atoms with van der Waals surface area (Å²) in [6, 6.07) is 11.6. The minimum Gasteiger partial charge on any atom is -0.459 e. The number of amides is 1. The summed E-state index contributed by atoms with van der Waals surface area (Å²) >= 11 is 3.55. The number of rotatable bonds is 6. The second-order valence-corrected chi connectivity index (χ2v) is 15.5. The fraction of sp³-hybridized carbons (Fsp3) is 0.472. The monoisotopic (exact) mass is 711 g/mol. The maximum absolute atomic E-state index is 14.7. The Labute approximate surface area is 280 Å². The van der Waals surface area contributed by atoms with Gasteiger partial charge in [0.05, 0.1) is 22.0 Å². The molecule has 7 nitrogen and oxygen atoms in total. The molecule has 0 radical (unpaired) electrons. The molecule has 2 atom stereocenters. The largest absolute Gasteiger partial charge is 0.573 e. The molecule has 0 spiro atoms. The molecule has 2 heterocycles. The van der Waals surface area contributed by atoms with Crippen LogP contribution in [-0.2, 0) is 9.53 Å². The van der Waals surface area contributed by atoms with E-state index in [-0.39, 0.29) is 11.5 Å². The van der Waals surface area contributed by atoms with Crippen molar-refractivity contribution in [1.82, 2.24) is 10.3 Å². The van der Waals surface area contributed by atoms with Gasteiger partial charge in [0.2, 0.25) is 0 Å². The van der Waals surface area contributed by atoms with Gasteiger partial charge in [-0.1, -0.05) is 40.2 Å². The van der Waals surface area contributed by atoms with Gasteiger partial charge < -0.3 is 19.7 Å². The number of hydrogen-bond donors (Lipinski definition) is 1. The number of nitrogens with one attached hydrogen (secondary N) is 1. The number of halogens is 4. The Morgan fingerprint density at radius 1 is 1.02 bits per heavy atom. The second-order valence-electron chi connectivity index (χ2n) is 14.6. The molecule has 1 amide bonds. The van der Waals surface area contributed by atoms with Crippen LogP contribution in [0.15, 0.2) is 53.0 Å². The van der Waals surface area contributed by atoms with Crippen LogP contribution in [0.3, 0.4) is 0 Å². The molecule has 2 unspecified atom stereocenters. The van der Waals surface area contributed by atoms with Gasteiger partial charge in [0.25, 0.3) is 5.91 Å². The zero-order chi connectivity index (χ0) is 33.5. The zero-order valence-electron chi connectivity index (χ0n) is 26.8. The van der Waals surface area contributed by atoms with Gasteiger partial charge in [0, 0.05) is 34.1 Å². The molecular formula is C36H37BrF3N3O4. The van der Waals surface area contributed by atoms with Crippen molar-refractivity contribution in [2.24, 2.45) is 17.3 Å². The second kappa shape index (κ2) is 11.0.